The average molecular weight is 374 g/mol. The molecule has 4 rings (SSSR count). The molecule has 0 unspecified atom stereocenters. The Kier molecular flexibility index (Phi) is 4.69. The van der Waals surface area contributed by atoms with E-state index in [-0.39, 0.29) is 11.9 Å². The number of aryl methyl sites for hydroxylation is 1. The molecule has 0 aliphatic heterocycles. The summed E-state index contributed by atoms with van der Waals surface area (Å²) in [5.41, 5.74) is 4.36. The van der Waals surface area contributed by atoms with Crippen LogP contribution in [0.1, 0.15) is 25.0 Å². The van der Waals surface area contributed by atoms with E-state index in [0.717, 1.165) is 28.2 Å². The zero-order valence-electron chi connectivity index (χ0n) is 16.1. The van der Waals surface area contributed by atoms with Gasteiger partial charge in [-0.25, -0.2) is 9.97 Å². The standard InChI is InChI=1S/C22H22N4O2/c1-14(2)28-22-19-21(23-13-24-22)26(12-16-7-5-4-6-8-16)20(25-19)18-10-9-17(27)11-15(18)3/h4-11,13-14,27H,12H2,1-3H3. The van der Waals surface area contributed by atoms with Crippen molar-refractivity contribution in [1.82, 2.24) is 19.5 Å². The average Bonchev–Trinajstić information content (AvgIpc) is 3.02. The summed E-state index contributed by atoms with van der Waals surface area (Å²) in [6.07, 6.45) is 1.49. The maximum Gasteiger partial charge on any atom is 0.245 e. The highest BCUT2D eigenvalue weighted by Crippen LogP contribution is 2.32. The van der Waals surface area contributed by atoms with Crippen LogP contribution in [0.2, 0.25) is 0 Å². The third-order valence-corrected chi connectivity index (χ3v) is 4.48. The number of phenols is 1. The highest BCUT2D eigenvalue weighted by Gasteiger charge is 2.20. The molecule has 6 heteroatoms. The molecule has 142 valence electrons. The van der Waals surface area contributed by atoms with Crippen molar-refractivity contribution in [3.8, 4) is 23.0 Å². The van der Waals surface area contributed by atoms with Gasteiger partial charge in [0.1, 0.15) is 17.9 Å². The van der Waals surface area contributed by atoms with Crippen molar-refractivity contribution in [1.29, 1.82) is 0 Å². The van der Waals surface area contributed by atoms with E-state index in [1.54, 1.807) is 12.1 Å². The summed E-state index contributed by atoms with van der Waals surface area (Å²) >= 11 is 0. The summed E-state index contributed by atoms with van der Waals surface area (Å²) in [7, 11) is 0. The first-order valence-corrected chi connectivity index (χ1v) is 9.24. The fourth-order valence-electron chi connectivity index (χ4n) is 3.25. The summed E-state index contributed by atoms with van der Waals surface area (Å²) < 4.78 is 7.93. The molecule has 2 heterocycles. The first kappa shape index (κ1) is 18.0. The summed E-state index contributed by atoms with van der Waals surface area (Å²) in [4.78, 5) is 13.6. The van der Waals surface area contributed by atoms with Gasteiger partial charge in [-0.05, 0) is 50.1 Å². The van der Waals surface area contributed by atoms with Gasteiger partial charge in [0.05, 0.1) is 12.6 Å². The molecule has 0 spiro atoms. The highest BCUT2D eigenvalue weighted by molar-refractivity contribution is 5.82. The lowest BCUT2D eigenvalue weighted by Crippen LogP contribution is -2.08. The topological polar surface area (TPSA) is 73.1 Å². The van der Waals surface area contributed by atoms with Crippen LogP contribution in [-0.2, 0) is 6.54 Å². The number of ether oxygens (including phenoxy) is 1. The molecule has 2 aromatic heterocycles. The maximum atomic E-state index is 9.80. The molecule has 1 N–H and O–H groups in total. The van der Waals surface area contributed by atoms with E-state index in [1.807, 2.05) is 45.0 Å². The molecule has 0 aliphatic carbocycles. The molecule has 6 nitrogen and oxygen atoms in total. The smallest absolute Gasteiger partial charge is 0.245 e. The molecule has 0 fully saturated rings. The second-order valence-corrected chi connectivity index (χ2v) is 7.02. The second kappa shape index (κ2) is 7.31. The largest absolute Gasteiger partial charge is 0.508 e. The van der Waals surface area contributed by atoms with E-state index < -0.39 is 0 Å². The molecule has 2 aromatic carbocycles. The zero-order chi connectivity index (χ0) is 19.7. The van der Waals surface area contributed by atoms with Gasteiger partial charge in [-0.2, -0.15) is 4.98 Å². The number of hydrogen-bond donors (Lipinski definition) is 1. The molecule has 0 aliphatic rings. The van der Waals surface area contributed by atoms with Crippen molar-refractivity contribution < 1.29 is 9.84 Å². The molecular formula is C22H22N4O2. The normalized spacial score (nSPS) is 11.3. The molecule has 0 atom stereocenters. The first-order valence-electron chi connectivity index (χ1n) is 9.24. The fourth-order valence-corrected chi connectivity index (χ4v) is 3.25. The Morgan fingerprint density at radius 3 is 2.57 bits per heavy atom. The van der Waals surface area contributed by atoms with E-state index in [0.29, 0.717) is 17.9 Å². The third kappa shape index (κ3) is 3.41. The van der Waals surface area contributed by atoms with Crippen LogP contribution >= 0.6 is 0 Å². The van der Waals surface area contributed by atoms with Gasteiger partial charge in [-0.1, -0.05) is 30.3 Å². The molecule has 0 bridgehead atoms. The number of benzene rings is 2. The predicted octanol–water partition coefficient (Wildman–Crippen LogP) is 4.34. The Labute approximate surface area is 163 Å². The van der Waals surface area contributed by atoms with Crippen molar-refractivity contribution in [3.05, 3.63) is 66.0 Å². The summed E-state index contributed by atoms with van der Waals surface area (Å²) in [6.45, 7) is 6.49. The van der Waals surface area contributed by atoms with E-state index in [2.05, 4.69) is 26.7 Å². The molecule has 0 radical (unpaired) electrons. The second-order valence-electron chi connectivity index (χ2n) is 7.02. The summed E-state index contributed by atoms with van der Waals surface area (Å²) in [6, 6.07) is 15.5. The molecule has 4 aromatic rings. The van der Waals surface area contributed by atoms with Crippen molar-refractivity contribution in [3.63, 3.8) is 0 Å². The Bertz CT molecular complexity index is 1120. The number of aromatic hydroxyl groups is 1. The lowest BCUT2D eigenvalue weighted by Gasteiger charge is -2.11. The van der Waals surface area contributed by atoms with E-state index in [1.165, 1.54) is 6.33 Å². The van der Waals surface area contributed by atoms with Gasteiger partial charge >= 0.3 is 0 Å². The van der Waals surface area contributed by atoms with Crippen LogP contribution in [-0.4, -0.2) is 30.7 Å². The van der Waals surface area contributed by atoms with Crippen molar-refractivity contribution >= 4 is 11.2 Å². The molecule has 0 amide bonds. The van der Waals surface area contributed by atoms with Gasteiger partial charge in [0.2, 0.25) is 5.88 Å². The van der Waals surface area contributed by atoms with Crippen LogP contribution < -0.4 is 4.74 Å². The van der Waals surface area contributed by atoms with Crippen LogP contribution in [0.25, 0.3) is 22.6 Å². The minimum absolute atomic E-state index is 0.0174. The van der Waals surface area contributed by atoms with Crippen LogP contribution in [0.4, 0.5) is 0 Å². The first-order chi connectivity index (χ1) is 13.5. The molecule has 0 saturated carbocycles. The number of phenolic OH excluding ortho intramolecular Hbond substituents is 1. The molecule has 28 heavy (non-hydrogen) atoms. The van der Waals surface area contributed by atoms with Gasteiger partial charge in [-0.3, -0.25) is 0 Å². The number of rotatable bonds is 5. The van der Waals surface area contributed by atoms with Crippen LogP contribution in [0, 0.1) is 6.92 Å². The minimum Gasteiger partial charge on any atom is -0.508 e. The quantitative estimate of drug-likeness (QED) is 0.562. The van der Waals surface area contributed by atoms with Gasteiger partial charge < -0.3 is 14.4 Å². The maximum absolute atomic E-state index is 9.80. The van der Waals surface area contributed by atoms with Gasteiger partial charge in [0.15, 0.2) is 11.2 Å². The van der Waals surface area contributed by atoms with Crippen LogP contribution in [0.5, 0.6) is 11.6 Å². The molecule has 0 saturated heterocycles. The minimum atomic E-state index is -0.0174. The van der Waals surface area contributed by atoms with Crippen molar-refractivity contribution in [2.24, 2.45) is 0 Å². The monoisotopic (exact) mass is 374 g/mol. The van der Waals surface area contributed by atoms with Crippen LogP contribution in [0.15, 0.2) is 54.9 Å². The van der Waals surface area contributed by atoms with Crippen LogP contribution in [0.3, 0.4) is 0 Å². The third-order valence-electron chi connectivity index (χ3n) is 4.48. The zero-order valence-corrected chi connectivity index (χ0v) is 16.1. The van der Waals surface area contributed by atoms with E-state index >= 15 is 0 Å². The number of aromatic nitrogens is 4. The lowest BCUT2D eigenvalue weighted by atomic mass is 10.1. The van der Waals surface area contributed by atoms with Gasteiger partial charge in [0.25, 0.3) is 0 Å². The van der Waals surface area contributed by atoms with E-state index in [9.17, 15) is 5.11 Å². The van der Waals surface area contributed by atoms with Gasteiger partial charge in [-0.15, -0.1) is 0 Å². The summed E-state index contributed by atoms with van der Waals surface area (Å²) in [5.74, 6) is 1.48. The summed E-state index contributed by atoms with van der Waals surface area (Å²) in [5, 5.41) is 9.80. The van der Waals surface area contributed by atoms with Crippen molar-refractivity contribution in [2.45, 2.75) is 33.4 Å². The highest BCUT2D eigenvalue weighted by atomic mass is 16.5. The predicted molar refractivity (Wildman–Crippen MR) is 108 cm³/mol. The Morgan fingerprint density at radius 2 is 1.86 bits per heavy atom. The lowest BCUT2D eigenvalue weighted by molar-refractivity contribution is 0.235. The SMILES string of the molecule is Cc1cc(O)ccc1-c1nc2c(OC(C)C)ncnc2n1Cc1ccccc1. The Hall–Kier alpha value is -3.41. The molecular weight excluding hydrogens is 352 g/mol. The van der Waals surface area contributed by atoms with Crippen molar-refractivity contribution in [2.75, 3.05) is 0 Å². The van der Waals surface area contributed by atoms with E-state index in [4.69, 9.17) is 9.72 Å². The van der Waals surface area contributed by atoms with Gasteiger partial charge in [0, 0.05) is 5.56 Å². The number of nitrogens with zero attached hydrogens (tertiary/aromatic N) is 4. The number of fused-ring (bicyclic) bond motifs is 1. The fraction of sp³-hybridized carbons (Fsp3) is 0.227. The number of hydrogen-bond acceptors (Lipinski definition) is 5. The Balaban J connectivity index is 1.94. The Morgan fingerprint density at radius 1 is 1.07 bits per heavy atom. The number of imidazole rings is 1.